The molecular formula is C13H9F3N2O3S. The molecule has 9 heteroatoms. The number of carboxylic acid groups (broad SMARTS) is 1. The van der Waals surface area contributed by atoms with E-state index in [0.717, 1.165) is 6.07 Å². The molecule has 0 aliphatic rings. The molecule has 5 nitrogen and oxygen atoms in total. The van der Waals surface area contributed by atoms with Gasteiger partial charge in [0.1, 0.15) is 6.26 Å². The molecule has 0 spiro atoms. The molecule has 2 rings (SSSR count). The van der Waals surface area contributed by atoms with Crippen LogP contribution in [-0.2, 0) is 17.4 Å². The lowest BCUT2D eigenvalue weighted by molar-refractivity contribution is -0.141. The zero-order chi connectivity index (χ0) is 16.5. The molecule has 1 unspecified atom stereocenters. The average molecular weight is 330 g/mol. The summed E-state index contributed by atoms with van der Waals surface area (Å²) in [5.74, 6) is -1.15. The van der Waals surface area contributed by atoms with E-state index in [2.05, 4.69) is 9.97 Å². The van der Waals surface area contributed by atoms with Gasteiger partial charge in [0.2, 0.25) is 0 Å². The van der Waals surface area contributed by atoms with E-state index in [1.165, 1.54) is 30.5 Å². The van der Waals surface area contributed by atoms with Crippen LogP contribution in [0.5, 0.6) is 0 Å². The third kappa shape index (κ3) is 3.55. The zero-order valence-electron chi connectivity index (χ0n) is 11.1. The molecule has 0 saturated carbocycles. The number of carbonyl (C=O) groups is 1. The van der Waals surface area contributed by atoms with E-state index < -0.39 is 34.2 Å². The molecule has 1 aromatic heterocycles. The zero-order valence-corrected chi connectivity index (χ0v) is 11.9. The standard InChI is InChI=1S/C13H9F3N2O3S/c1-22(21)12-17-9(6-10(18-12)13(14,15)16)7-2-4-8(5-3-7)11(19)20/h2-6H,1H3,(H,19,20). The summed E-state index contributed by atoms with van der Waals surface area (Å²) < 4.78 is 49.9. The van der Waals surface area contributed by atoms with Crippen LogP contribution in [0.2, 0.25) is 0 Å². The molecule has 2 aromatic rings. The SMILES string of the molecule is C[S+]([O-])c1nc(-c2ccc(C(=O)O)cc2)cc(C(F)(F)F)n1. The topological polar surface area (TPSA) is 86.1 Å². The van der Waals surface area contributed by atoms with Gasteiger partial charge in [-0.3, -0.25) is 0 Å². The van der Waals surface area contributed by atoms with Crippen molar-refractivity contribution in [3.05, 3.63) is 41.6 Å². The number of halogens is 3. The van der Waals surface area contributed by atoms with Gasteiger partial charge in [-0.05, 0) is 18.2 Å². The first-order valence-corrected chi connectivity index (χ1v) is 7.37. The summed E-state index contributed by atoms with van der Waals surface area (Å²) in [7, 11) is 0. The Morgan fingerprint density at radius 2 is 1.82 bits per heavy atom. The first-order chi connectivity index (χ1) is 10.2. The van der Waals surface area contributed by atoms with Gasteiger partial charge in [-0.1, -0.05) is 12.1 Å². The van der Waals surface area contributed by atoms with Crippen molar-refractivity contribution in [2.75, 3.05) is 6.26 Å². The number of rotatable bonds is 3. The summed E-state index contributed by atoms with van der Waals surface area (Å²) in [5.41, 5.74) is -1.02. The molecule has 0 radical (unpaired) electrons. The van der Waals surface area contributed by atoms with E-state index in [1.54, 1.807) is 0 Å². The van der Waals surface area contributed by atoms with Crippen LogP contribution in [0, 0.1) is 0 Å². The maximum Gasteiger partial charge on any atom is 0.433 e. The molecule has 1 heterocycles. The molecule has 22 heavy (non-hydrogen) atoms. The van der Waals surface area contributed by atoms with Crippen molar-refractivity contribution in [3.8, 4) is 11.3 Å². The van der Waals surface area contributed by atoms with Crippen LogP contribution >= 0.6 is 0 Å². The van der Waals surface area contributed by atoms with Crippen LogP contribution < -0.4 is 0 Å². The lowest BCUT2D eigenvalue weighted by Gasteiger charge is -2.10. The average Bonchev–Trinajstić information content (AvgIpc) is 2.46. The fourth-order valence-corrected chi connectivity index (χ4v) is 2.08. The van der Waals surface area contributed by atoms with Gasteiger partial charge >= 0.3 is 17.3 Å². The summed E-state index contributed by atoms with van der Waals surface area (Å²) in [4.78, 5) is 17.8. The van der Waals surface area contributed by atoms with Crippen LogP contribution in [0.25, 0.3) is 11.3 Å². The van der Waals surface area contributed by atoms with Crippen LogP contribution in [0.4, 0.5) is 13.2 Å². The minimum Gasteiger partial charge on any atom is -0.609 e. The largest absolute Gasteiger partial charge is 0.609 e. The summed E-state index contributed by atoms with van der Waals surface area (Å²) in [5, 5.41) is 8.36. The second-order valence-electron chi connectivity index (χ2n) is 4.26. The van der Waals surface area contributed by atoms with E-state index >= 15 is 0 Å². The fraction of sp³-hybridized carbons (Fsp3) is 0.154. The molecule has 0 fully saturated rings. The van der Waals surface area contributed by atoms with Gasteiger partial charge in [0, 0.05) is 16.7 Å². The van der Waals surface area contributed by atoms with Crippen molar-refractivity contribution in [1.29, 1.82) is 0 Å². The molecule has 0 saturated heterocycles. The van der Waals surface area contributed by atoms with Gasteiger partial charge in [-0.25, -0.2) is 4.79 Å². The van der Waals surface area contributed by atoms with Gasteiger partial charge in [-0.15, -0.1) is 0 Å². The number of nitrogens with zero attached hydrogens (tertiary/aromatic N) is 2. The molecule has 1 aromatic carbocycles. The van der Waals surface area contributed by atoms with Crippen molar-refractivity contribution in [3.63, 3.8) is 0 Å². The molecule has 1 N–H and O–H groups in total. The summed E-state index contributed by atoms with van der Waals surface area (Å²) in [6, 6.07) is 5.87. The van der Waals surface area contributed by atoms with Crippen LogP contribution in [-0.4, -0.2) is 31.9 Å². The van der Waals surface area contributed by atoms with E-state index in [-0.39, 0.29) is 16.8 Å². The number of aromatic nitrogens is 2. The first-order valence-electron chi connectivity index (χ1n) is 5.82. The van der Waals surface area contributed by atoms with Crippen LogP contribution in [0.1, 0.15) is 16.1 Å². The predicted octanol–water partition coefficient (Wildman–Crippen LogP) is 2.60. The highest BCUT2D eigenvalue weighted by Crippen LogP contribution is 2.31. The molecule has 0 aliphatic heterocycles. The lowest BCUT2D eigenvalue weighted by atomic mass is 10.1. The maximum atomic E-state index is 12.8. The van der Waals surface area contributed by atoms with E-state index in [9.17, 15) is 22.5 Å². The number of aromatic carboxylic acids is 1. The number of hydrogen-bond donors (Lipinski definition) is 1. The smallest absolute Gasteiger partial charge is 0.433 e. The Bertz CT molecular complexity index is 703. The third-order valence-electron chi connectivity index (χ3n) is 2.68. The van der Waals surface area contributed by atoms with Crippen LogP contribution in [0.15, 0.2) is 35.5 Å². The van der Waals surface area contributed by atoms with Gasteiger partial charge in [-0.2, -0.15) is 23.1 Å². The molecule has 116 valence electrons. The second kappa shape index (κ2) is 5.93. The normalized spacial score (nSPS) is 13.0. The van der Waals surface area contributed by atoms with Crippen molar-refractivity contribution in [2.24, 2.45) is 0 Å². The summed E-state index contributed by atoms with van der Waals surface area (Å²) in [6.07, 6.45) is -3.53. The minimum atomic E-state index is -4.70. The molecule has 0 bridgehead atoms. The minimum absolute atomic E-state index is 0.00635. The van der Waals surface area contributed by atoms with E-state index in [0.29, 0.717) is 0 Å². The Morgan fingerprint density at radius 3 is 2.27 bits per heavy atom. The van der Waals surface area contributed by atoms with Gasteiger partial charge in [0.15, 0.2) is 5.69 Å². The number of hydrogen-bond acceptors (Lipinski definition) is 4. The van der Waals surface area contributed by atoms with Gasteiger partial charge < -0.3 is 9.66 Å². The highest BCUT2D eigenvalue weighted by molar-refractivity contribution is 7.90. The Morgan fingerprint density at radius 1 is 1.23 bits per heavy atom. The highest BCUT2D eigenvalue weighted by atomic mass is 32.2. The van der Waals surface area contributed by atoms with Gasteiger partial charge in [0.25, 0.3) is 0 Å². The Labute approximate surface area is 126 Å². The highest BCUT2D eigenvalue weighted by Gasteiger charge is 2.35. The summed E-state index contributed by atoms with van der Waals surface area (Å²) in [6.45, 7) is 0. The van der Waals surface area contributed by atoms with E-state index in [4.69, 9.17) is 5.11 Å². The van der Waals surface area contributed by atoms with Crippen molar-refractivity contribution < 1.29 is 27.6 Å². The lowest BCUT2D eigenvalue weighted by Crippen LogP contribution is -2.14. The van der Waals surface area contributed by atoms with Crippen molar-refractivity contribution >= 4 is 17.1 Å². The maximum absolute atomic E-state index is 12.8. The molecule has 0 aliphatic carbocycles. The number of alkyl halides is 3. The van der Waals surface area contributed by atoms with Gasteiger partial charge in [0.05, 0.1) is 11.3 Å². The Kier molecular flexibility index (Phi) is 4.38. The molecular weight excluding hydrogens is 321 g/mol. The summed E-state index contributed by atoms with van der Waals surface area (Å²) >= 11 is -1.79. The van der Waals surface area contributed by atoms with Crippen molar-refractivity contribution in [2.45, 2.75) is 11.3 Å². The fourth-order valence-electron chi connectivity index (χ4n) is 1.63. The van der Waals surface area contributed by atoms with Crippen LogP contribution in [0.3, 0.4) is 0 Å². The third-order valence-corrected chi connectivity index (χ3v) is 3.38. The van der Waals surface area contributed by atoms with Crippen molar-refractivity contribution in [1.82, 2.24) is 9.97 Å². The quantitative estimate of drug-likeness (QED) is 0.690. The predicted molar refractivity (Wildman–Crippen MR) is 71.8 cm³/mol. The number of benzene rings is 1. The Hall–Kier alpha value is -2.13. The molecule has 1 atom stereocenters. The monoisotopic (exact) mass is 330 g/mol. The first kappa shape index (κ1) is 16.2. The Balaban J connectivity index is 2.54. The molecule has 0 amide bonds. The second-order valence-corrected chi connectivity index (χ2v) is 5.53. The van der Waals surface area contributed by atoms with E-state index in [1.807, 2.05) is 0 Å². The number of carboxylic acids is 1.